The SMILES string of the molecule is Cc1cc(C)c(Nc2nc(C)cc(N3CCN(c4ccccn4)CC3)n2)c(C)c1. The largest absolute Gasteiger partial charge is 0.353 e. The monoisotopic (exact) mass is 388 g/mol. The second kappa shape index (κ2) is 8.07. The Balaban J connectivity index is 1.51. The fourth-order valence-corrected chi connectivity index (χ4v) is 3.96. The average Bonchev–Trinajstić information content (AvgIpc) is 2.71. The third-order valence-corrected chi connectivity index (χ3v) is 5.33. The maximum atomic E-state index is 4.82. The van der Waals surface area contributed by atoms with Gasteiger partial charge in [-0.05, 0) is 51.0 Å². The lowest BCUT2D eigenvalue weighted by Crippen LogP contribution is -2.47. The molecule has 150 valence electrons. The van der Waals surface area contributed by atoms with Gasteiger partial charge in [-0.2, -0.15) is 4.98 Å². The van der Waals surface area contributed by atoms with Crippen LogP contribution in [0.25, 0.3) is 0 Å². The molecule has 3 aromatic rings. The summed E-state index contributed by atoms with van der Waals surface area (Å²) in [5.41, 5.74) is 5.73. The number of piperazine rings is 1. The molecule has 1 aliphatic heterocycles. The molecule has 0 spiro atoms. The highest BCUT2D eigenvalue weighted by Gasteiger charge is 2.20. The van der Waals surface area contributed by atoms with Gasteiger partial charge in [-0.3, -0.25) is 0 Å². The quantitative estimate of drug-likeness (QED) is 0.724. The van der Waals surface area contributed by atoms with Crippen LogP contribution >= 0.6 is 0 Å². The maximum absolute atomic E-state index is 4.82. The number of benzene rings is 1. The van der Waals surface area contributed by atoms with Crippen molar-refractivity contribution in [3.63, 3.8) is 0 Å². The number of aromatic nitrogens is 3. The van der Waals surface area contributed by atoms with E-state index in [1.54, 1.807) is 0 Å². The molecule has 0 amide bonds. The minimum atomic E-state index is 0.655. The Bertz CT molecular complexity index is 970. The van der Waals surface area contributed by atoms with Crippen molar-refractivity contribution in [3.8, 4) is 0 Å². The first-order valence-corrected chi connectivity index (χ1v) is 10.1. The molecule has 3 heterocycles. The van der Waals surface area contributed by atoms with Crippen molar-refractivity contribution in [3.05, 3.63) is 65.0 Å². The molecule has 1 saturated heterocycles. The van der Waals surface area contributed by atoms with E-state index < -0.39 is 0 Å². The molecule has 1 aromatic carbocycles. The van der Waals surface area contributed by atoms with Gasteiger partial charge in [0.25, 0.3) is 0 Å². The Hall–Kier alpha value is -3.15. The van der Waals surface area contributed by atoms with Crippen LogP contribution in [0, 0.1) is 27.7 Å². The molecule has 1 fully saturated rings. The molecule has 0 aliphatic carbocycles. The first-order chi connectivity index (χ1) is 14.0. The lowest BCUT2D eigenvalue weighted by Gasteiger charge is -2.36. The third kappa shape index (κ3) is 4.31. The zero-order valence-corrected chi connectivity index (χ0v) is 17.6. The van der Waals surface area contributed by atoms with E-state index in [1.807, 2.05) is 25.3 Å². The zero-order chi connectivity index (χ0) is 20.4. The van der Waals surface area contributed by atoms with Crippen LogP contribution in [0.3, 0.4) is 0 Å². The molecule has 4 rings (SSSR count). The number of hydrogen-bond acceptors (Lipinski definition) is 6. The van der Waals surface area contributed by atoms with Crippen molar-refractivity contribution >= 4 is 23.3 Å². The Labute approximate surface area is 172 Å². The van der Waals surface area contributed by atoms with E-state index in [1.165, 1.54) is 16.7 Å². The standard InChI is InChI=1S/C23H28N6/c1-16-13-17(2)22(18(3)14-16)27-23-25-19(4)15-21(26-23)29-11-9-28(10-12-29)20-7-5-6-8-24-20/h5-8,13-15H,9-12H2,1-4H3,(H,25,26,27). The van der Waals surface area contributed by atoms with Crippen molar-refractivity contribution in [1.29, 1.82) is 0 Å². The van der Waals surface area contributed by atoms with Crippen LogP contribution in [0.2, 0.25) is 0 Å². The van der Waals surface area contributed by atoms with Crippen molar-refractivity contribution in [1.82, 2.24) is 15.0 Å². The molecular weight excluding hydrogens is 360 g/mol. The highest BCUT2D eigenvalue weighted by atomic mass is 15.3. The summed E-state index contributed by atoms with van der Waals surface area (Å²) in [7, 11) is 0. The summed E-state index contributed by atoms with van der Waals surface area (Å²) in [6, 6.07) is 12.5. The number of nitrogens with one attached hydrogen (secondary N) is 1. The normalized spacial score (nSPS) is 14.2. The van der Waals surface area contributed by atoms with Gasteiger partial charge in [-0.1, -0.05) is 23.8 Å². The third-order valence-electron chi connectivity index (χ3n) is 5.33. The number of pyridine rings is 1. The second-order valence-electron chi connectivity index (χ2n) is 7.75. The Morgan fingerprint density at radius 3 is 2.07 bits per heavy atom. The summed E-state index contributed by atoms with van der Waals surface area (Å²) >= 11 is 0. The molecule has 2 aromatic heterocycles. The lowest BCUT2D eigenvalue weighted by molar-refractivity contribution is 0.641. The highest BCUT2D eigenvalue weighted by Crippen LogP contribution is 2.26. The number of nitrogens with zero attached hydrogens (tertiary/aromatic N) is 5. The van der Waals surface area contributed by atoms with Crippen molar-refractivity contribution in [2.45, 2.75) is 27.7 Å². The van der Waals surface area contributed by atoms with Gasteiger partial charge in [0.15, 0.2) is 0 Å². The minimum Gasteiger partial charge on any atom is -0.353 e. The molecule has 1 N–H and O–H groups in total. The summed E-state index contributed by atoms with van der Waals surface area (Å²) < 4.78 is 0. The summed E-state index contributed by atoms with van der Waals surface area (Å²) in [6.45, 7) is 12.1. The van der Waals surface area contributed by atoms with E-state index in [-0.39, 0.29) is 0 Å². The fraction of sp³-hybridized carbons (Fsp3) is 0.348. The number of rotatable bonds is 4. The number of aryl methyl sites for hydroxylation is 4. The van der Waals surface area contributed by atoms with Crippen LogP contribution in [-0.4, -0.2) is 41.1 Å². The summed E-state index contributed by atoms with van der Waals surface area (Å²) in [4.78, 5) is 18.6. The first kappa shape index (κ1) is 19.2. The Morgan fingerprint density at radius 2 is 1.45 bits per heavy atom. The fourth-order valence-electron chi connectivity index (χ4n) is 3.96. The summed E-state index contributed by atoms with van der Waals surface area (Å²) in [6.07, 6.45) is 1.85. The van der Waals surface area contributed by atoms with E-state index >= 15 is 0 Å². The molecule has 0 bridgehead atoms. The van der Waals surface area contributed by atoms with Gasteiger partial charge in [-0.15, -0.1) is 0 Å². The van der Waals surface area contributed by atoms with Gasteiger partial charge in [0.2, 0.25) is 5.95 Å². The molecule has 1 aliphatic rings. The van der Waals surface area contributed by atoms with E-state index in [0.29, 0.717) is 5.95 Å². The van der Waals surface area contributed by atoms with Gasteiger partial charge >= 0.3 is 0 Å². The van der Waals surface area contributed by atoms with Gasteiger partial charge < -0.3 is 15.1 Å². The van der Waals surface area contributed by atoms with Crippen LogP contribution in [0.15, 0.2) is 42.6 Å². The number of anilines is 4. The van der Waals surface area contributed by atoms with Crippen molar-refractivity contribution in [2.75, 3.05) is 41.3 Å². The maximum Gasteiger partial charge on any atom is 0.229 e. The predicted octanol–water partition coefficient (Wildman–Crippen LogP) is 4.18. The van der Waals surface area contributed by atoms with Gasteiger partial charge in [0, 0.05) is 49.8 Å². The molecule has 29 heavy (non-hydrogen) atoms. The molecule has 6 nitrogen and oxygen atoms in total. The average molecular weight is 389 g/mol. The van der Waals surface area contributed by atoms with Crippen LogP contribution < -0.4 is 15.1 Å². The topological polar surface area (TPSA) is 57.2 Å². The molecule has 0 radical (unpaired) electrons. The van der Waals surface area contributed by atoms with E-state index in [2.05, 4.69) is 70.1 Å². The smallest absolute Gasteiger partial charge is 0.229 e. The summed E-state index contributed by atoms with van der Waals surface area (Å²) in [5.74, 6) is 2.67. The molecule has 0 unspecified atom stereocenters. The van der Waals surface area contributed by atoms with Crippen LogP contribution in [-0.2, 0) is 0 Å². The molecule has 0 saturated carbocycles. The van der Waals surface area contributed by atoms with Crippen LogP contribution in [0.1, 0.15) is 22.4 Å². The van der Waals surface area contributed by atoms with Gasteiger partial charge in [-0.25, -0.2) is 9.97 Å². The van der Waals surface area contributed by atoms with E-state index in [4.69, 9.17) is 4.98 Å². The number of hydrogen-bond donors (Lipinski definition) is 1. The lowest BCUT2D eigenvalue weighted by atomic mass is 10.1. The van der Waals surface area contributed by atoms with Crippen LogP contribution in [0.5, 0.6) is 0 Å². The molecule has 6 heteroatoms. The zero-order valence-electron chi connectivity index (χ0n) is 17.6. The van der Waals surface area contributed by atoms with Crippen molar-refractivity contribution in [2.24, 2.45) is 0 Å². The van der Waals surface area contributed by atoms with E-state index in [9.17, 15) is 0 Å². The summed E-state index contributed by atoms with van der Waals surface area (Å²) in [5, 5.41) is 3.45. The minimum absolute atomic E-state index is 0.655. The second-order valence-corrected chi connectivity index (χ2v) is 7.75. The molecular formula is C23H28N6. The van der Waals surface area contributed by atoms with Gasteiger partial charge in [0.05, 0.1) is 0 Å². The first-order valence-electron chi connectivity index (χ1n) is 10.1. The predicted molar refractivity (Wildman–Crippen MR) is 119 cm³/mol. The molecule has 0 atom stereocenters. The van der Waals surface area contributed by atoms with E-state index in [0.717, 1.165) is 49.2 Å². The van der Waals surface area contributed by atoms with Gasteiger partial charge in [0.1, 0.15) is 11.6 Å². The van der Waals surface area contributed by atoms with Crippen molar-refractivity contribution < 1.29 is 0 Å². The Morgan fingerprint density at radius 1 is 0.793 bits per heavy atom. The Kier molecular flexibility index (Phi) is 5.34. The van der Waals surface area contributed by atoms with Crippen LogP contribution in [0.4, 0.5) is 23.3 Å². The highest BCUT2D eigenvalue weighted by molar-refractivity contribution is 5.64.